The number of anilines is 1. The summed E-state index contributed by atoms with van der Waals surface area (Å²) in [5, 5.41) is 14.4. The molecule has 2 rings (SSSR count). The van der Waals surface area contributed by atoms with E-state index in [9.17, 15) is 4.79 Å². The van der Waals surface area contributed by atoms with Gasteiger partial charge in [0.25, 0.3) is 0 Å². The maximum Gasteiger partial charge on any atom is 0.321 e. The molecule has 0 unspecified atom stereocenters. The molecule has 2 heterocycles. The van der Waals surface area contributed by atoms with Gasteiger partial charge in [0.15, 0.2) is 0 Å². The number of rotatable bonds is 5. The molecule has 18 heavy (non-hydrogen) atoms. The van der Waals surface area contributed by atoms with Crippen molar-refractivity contribution in [1.29, 1.82) is 0 Å². The van der Waals surface area contributed by atoms with Gasteiger partial charge in [-0.25, -0.2) is 9.78 Å². The zero-order chi connectivity index (χ0) is 12.8. The quantitative estimate of drug-likeness (QED) is 0.798. The van der Waals surface area contributed by atoms with Crippen molar-refractivity contribution in [3.05, 3.63) is 23.7 Å². The molecule has 0 atom stereocenters. The Kier molecular flexibility index (Phi) is 4.24. The van der Waals surface area contributed by atoms with E-state index in [1.54, 1.807) is 12.5 Å². The Bertz CT molecular complexity index is 494. The van der Waals surface area contributed by atoms with Crippen molar-refractivity contribution in [3.8, 4) is 0 Å². The van der Waals surface area contributed by atoms with Gasteiger partial charge < -0.3 is 9.88 Å². The Morgan fingerprint density at radius 2 is 2.39 bits per heavy atom. The molecule has 2 N–H and O–H groups in total. The summed E-state index contributed by atoms with van der Waals surface area (Å²) in [4.78, 5) is 15.4. The molecule has 2 amide bonds. The molecule has 8 heteroatoms. The minimum absolute atomic E-state index is 0.253. The number of urea groups is 1. The Hall–Kier alpha value is -1.96. The lowest BCUT2D eigenvalue weighted by Crippen LogP contribution is -2.29. The van der Waals surface area contributed by atoms with E-state index < -0.39 is 0 Å². The third kappa shape index (κ3) is 3.81. The molecule has 0 saturated heterocycles. The Morgan fingerprint density at radius 1 is 1.50 bits per heavy atom. The number of carbonyl (C=O) groups excluding carboxylic acids is 1. The third-order valence-corrected chi connectivity index (χ3v) is 2.94. The fourth-order valence-electron chi connectivity index (χ4n) is 1.37. The second kappa shape index (κ2) is 6.10. The van der Waals surface area contributed by atoms with Gasteiger partial charge in [0, 0.05) is 25.5 Å². The maximum atomic E-state index is 11.5. The van der Waals surface area contributed by atoms with Gasteiger partial charge in [0.05, 0.1) is 6.33 Å². The maximum absolute atomic E-state index is 11.5. The second-order valence-corrected chi connectivity index (χ2v) is 4.84. The van der Waals surface area contributed by atoms with Crippen LogP contribution in [0.5, 0.6) is 0 Å². The summed E-state index contributed by atoms with van der Waals surface area (Å²) >= 11 is 1.35. The highest BCUT2D eigenvalue weighted by molar-refractivity contribution is 7.15. The molecule has 0 bridgehead atoms. The first kappa shape index (κ1) is 12.5. The van der Waals surface area contributed by atoms with Gasteiger partial charge in [-0.15, -0.1) is 10.2 Å². The lowest BCUT2D eigenvalue weighted by atomic mass is 10.4. The minimum Gasteiger partial charge on any atom is -0.338 e. The van der Waals surface area contributed by atoms with Gasteiger partial charge in [-0.3, -0.25) is 5.32 Å². The number of amides is 2. The van der Waals surface area contributed by atoms with Gasteiger partial charge in [-0.05, 0) is 13.3 Å². The first-order valence-corrected chi connectivity index (χ1v) is 6.36. The zero-order valence-electron chi connectivity index (χ0n) is 9.96. The molecule has 2 aromatic heterocycles. The summed E-state index contributed by atoms with van der Waals surface area (Å²) in [7, 11) is 0. The summed E-state index contributed by atoms with van der Waals surface area (Å²) in [5.74, 6) is 0. The summed E-state index contributed by atoms with van der Waals surface area (Å²) in [5.41, 5.74) is 0. The van der Waals surface area contributed by atoms with Crippen molar-refractivity contribution in [2.75, 3.05) is 11.9 Å². The lowest BCUT2D eigenvalue weighted by Gasteiger charge is -2.05. The standard InChI is InChI=1S/C10H14N6OS/c1-8-14-15-10(18-8)13-9(17)12-3-2-5-16-6-4-11-7-16/h4,6-7H,2-3,5H2,1H3,(H2,12,13,15,17). The molecular formula is C10H14N6OS. The van der Waals surface area contributed by atoms with Crippen molar-refractivity contribution in [2.24, 2.45) is 0 Å². The van der Waals surface area contributed by atoms with Crippen LogP contribution < -0.4 is 10.6 Å². The van der Waals surface area contributed by atoms with E-state index >= 15 is 0 Å². The predicted octanol–water partition coefficient (Wildman–Crippen LogP) is 1.25. The van der Waals surface area contributed by atoms with Crippen molar-refractivity contribution in [2.45, 2.75) is 19.9 Å². The molecule has 0 aromatic carbocycles. The molecule has 0 saturated carbocycles. The van der Waals surface area contributed by atoms with Crippen LogP contribution in [0.1, 0.15) is 11.4 Å². The van der Waals surface area contributed by atoms with Crippen LogP contribution in [0.15, 0.2) is 18.7 Å². The largest absolute Gasteiger partial charge is 0.338 e. The van der Waals surface area contributed by atoms with Crippen LogP contribution in [0.2, 0.25) is 0 Å². The van der Waals surface area contributed by atoms with E-state index in [0.717, 1.165) is 18.0 Å². The summed E-state index contributed by atoms with van der Waals surface area (Å²) in [6.07, 6.45) is 6.23. The molecular weight excluding hydrogens is 252 g/mol. The minimum atomic E-state index is -0.253. The summed E-state index contributed by atoms with van der Waals surface area (Å²) in [6.45, 7) is 3.27. The molecule has 96 valence electrons. The fraction of sp³-hybridized carbons (Fsp3) is 0.400. The smallest absolute Gasteiger partial charge is 0.321 e. The van der Waals surface area contributed by atoms with Crippen LogP contribution in [0.3, 0.4) is 0 Å². The van der Waals surface area contributed by atoms with Gasteiger partial charge in [0.1, 0.15) is 5.01 Å². The lowest BCUT2D eigenvalue weighted by molar-refractivity contribution is 0.252. The topological polar surface area (TPSA) is 84.7 Å². The number of aryl methyl sites for hydroxylation is 2. The molecule has 2 aromatic rings. The van der Waals surface area contributed by atoms with E-state index in [2.05, 4.69) is 25.8 Å². The van der Waals surface area contributed by atoms with Gasteiger partial charge >= 0.3 is 6.03 Å². The third-order valence-electron chi connectivity index (χ3n) is 2.18. The molecule has 7 nitrogen and oxygen atoms in total. The van der Waals surface area contributed by atoms with E-state index in [-0.39, 0.29) is 6.03 Å². The number of carbonyl (C=O) groups is 1. The van der Waals surface area contributed by atoms with E-state index in [0.29, 0.717) is 11.7 Å². The average molecular weight is 266 g/mol. The average Bonchev–Trinajstić information content (AvgIpc) is 2.96. The normalized spacial score (nSPS) is 10.3. The highest BCUT2D eigenvalue weighted by Gasteiger charge is 2.04. The van der Waals surface area contributed by atoms with Gasteiger partial charge in [-0.1, -0.05) is 11.3 Å². The number of nitrogens with zero attached hydrogens (tertiary/aromatic N) is 4. The van der Waals surface area contributed by atoms with Crippen molar-refractivity contribution in [1.82, 2.24) is 25.1 Å². The van der Waals surface area contributed by atoms with Crippen LogP contribution >= 0.6 is 11.3 Å². The number of hydrogen-bond acceptors (Lipinski definition) is 5. The van der Waals surface area contributed by atoms with Gasteiger partial charge in [0.2, 0.25) is 5.13 Å². The zero-order valence-corrected chi connectivity index (χ0v) is 10.8. The van der Waals surface area contributed by atoms with E-state index in [1.807, 2.05) is 17.7 Å². The molecule has 0 aliphatic carbocycles. The SMILES string of the molecule is Cc1nnc(NC(=O)NCCCn2ccnc2)s1. The van der Waals surface area contributed by atoms with Crippen molar-refractivity contribution < 1.29 is 4.79 Å². The van der Waals surface area contributed by atoms with Crippen LogP contribution in [-0.4, -0.2) is 32.3 Å². The van der Waals surface area contributed by atoms with Gasteiger partial charge in [-0.2, -0.15) is 0 Å². The first-order chi connectivity index (χ1) is 8.74. The molecule has 0 spiro atoms. The summed E-state index contributed by atoms with van der Waals surface area (Å²) < 4.78 is 1.97. The molecule has 0 radical (unpaired) electrons. The molecule has 0 aliphatic rings. The number of nitrogens with one attached hydrogen (secondary N) is 2. The van der Waals surface area contributed by atoms with Crippen LogP contribution in [0, 0.1) is 6.92 Å². The highest BCUT2D eigenvalue weighted by Crippen LogP contribution is 2.12. The predicted molar refractivity (Wildman–Crippen MR) is 68.5 cm³/mol. The second-order valence-electron chi connectivity index (χ2n) is 3.66. The van der Waals surface area contributed by atoms with E-state index in [1.165, 1.54) is 11.3 Å². The van der Waals surface area contributed by atoms with Crippen LogP contribution in [0.4, 0.5) is 9.93 Å². The highest BCUT2D eigenvalue weighted by atomic mass is 32.1. The Labute approximate surface area is 108 Å². The van der Waals surface area contributed by atoms with Crippen LogP contribution in [-0.2, 0) is 6.54 Å². The molecule has 0 fully saturated rings. The molecule has 0 aliphatic heterocycles. The monoisotopic (exact) mass is 266 g/mol. The fourth-order valence-corrected chi connectivity index (χ4v) is 1.96. The van der Waals surface area contributed by atoms with Crippen molar-refractivity contribution >= 4 is 22.5 Å². The number of imidazole rings is 1. The Balaban J connectivity index is 1.63. The number of hydrogen-bond donors (Lipinski definition) is 2. The number of aromatic nitrogens is 4. The first-order valence-electron chi connectivity index (χ1n) is 5.55. The Morgan fingerprint density at radius 3 is 3.06 bits per heavy atom. The van der Waals surface area contributed by atoms with Crippen molar-refractivity contribution in [3.63, 3.8) is 0 Å². The van der Waals surface area contributed by atoms with E-state index in [4.69, 9.17) is 0 Å². The summed E-state index contributed by atoms with van der Waals surface area (Å²) in [6, 6.07) is -0.253. The van der Waals surface area contributed by atoms with Crippen LogP contribution in [0.25, 0.3) is 0 Å².